The van der Waals surface area contributed by atoms with Crippen LogP contribution in [0.1, 0.15) is 0 Å². The number of benzene rings is 4. The predicted molar refractivity (Wildman–Crippen MR) is 84.6 cm³/mol. The van der Waals surface area contributed by atoms with Crippen LogP contribution in [-0.4, -0.2) is 0 Å². The third kappa shape index (κ3) is 1.86. The Hall–Kier alpha value is -2.60. The van der Waals surface area contributed by atoms with Crippen LogP contribution < -0.4 is 0 Å². The molecule has 0 spiro atoms. The topological polar surface area (TPSA) is 0 Å². The Morgan fingerprint density at radius 2 is 0.900 bits per heavy atom. The van der Waals surface area contributed by atoms with E-state index in [0.29, 0.717) is 0 Å². The van der Waals surface area contributed by atoms with E-state index in [4.69, 9.17) is 0 Å². The van der Waals surface area contributed by atoms with E-state index in [9.17, 15) is 0 Å². The molecule has 92 valence electrons. The van der Waals surface area contributed by atoms with Crippen molar-refractivity contribution in [2.45, 2.75) is 0 Å². The number of hydrogen-bond donors (Lipinski definition) is 0. The van der Waals surface area contributed by atoms with Gasteiger partial charge in [0.05, 0.1) is 0 Å². The normalized spacial score (nSPS) is 11.0. The molecule has 0 saturated heterocycles. The molecule has 4 aromatic carbocycles. The Balaban J connectivity index is 1.91. The number of fused-ring (bicyclic) bond motifs is 2. The van der Waals surface area contributed by atoms with Crippen LogP contribution in [0.4, 0.5) is 0 Å². The van der Waals surface area contributed by atoms with Gasteiger partial charge in [0, 0.05) is 0 Å². The standard InChI is InChI=1S/C20H12/c1-3-7-17-13-19(11-9-15(17)5-1)20-12-10-16-6-2-4-8-18(16)14-20/h1-10,13-14H. The Kier molecular flexibility index (Phi) is 2.53. The van der Waals surface area contributed by atoms with Crippen molar-refractivity contribution in [2.75, 3.05) is 0 Å². The molecule has 2 radical (unpaired) electrons. The van der Waals surface area contributed by atoms with E-state index in [2.05, 4.69) is 72.8 Å². The highest BCUT2D eigenvalue weighted by molar-refractivity contribution is 5.90. The highest BCUT2D eigenvalue weighted by Crippen LogP contribution is 2.26. The summed E-state index contributed by atoms with van der Waals surface area (Å²) < 4.78 is 0. The summed E-state index contributed by atoms with van der Waals surface area (Å²) in [5, 5.41) is 4.92. The second-order valence-corrected chi connectivity index (χ2v) is 4.95. The van der Waals surface area contributed by atoms with Gasteiger partial charge in [0.2, 0.25) is 0 Å². The molecule has 0 aliphatic heterocycles. The fourth-order valence-electron chi connectivity index (χ4n) is 2.56. The van der Waals surface area contributed by atoms with Crippen LogP contribution in [0.3, 0.4) is 0 Å². The lowest BCUT2D eigenvalue weighted by Crippen LogP contribution is -1.81. The first kappa shape index (κ1) is 11.2. The SMILES string of the molecule is [c]1cc2ccccc2cc1-c1[c]cc2ccccc2c1. The van der Waals surface area contributed by atoms with Gasteiger partial charge in [-0.1, -0.05) is 48.5 Å². The summed E-state index contributed by atoms with van der Waals surface area (Å²) in [4.78, 5) is 0. The van der Waals surface area contributed by atoms with Crippen LogP contribution in [-0.2, 0) is 0 Å². The zero-order chi connectivity index (χ0) is 13.4. The van der Waals surface area contributed by atoms with Gasteiger partial charge in [-0.15, -0.1) is 0 Å². The number of hydrogen-bond acceptors (Lipinski definition) is 0. The Morgan fingerprint density at radius 1 is 0.500 bits per heavy atom. The molecule has 0 saturated carbocycles. The molecule has 0 heteroatoms. The maximum atomic E-state index is 3.36. The van der Waals surface area contributed by atoms with Crippen molar-refractivity contribution in [2.24, 2.45) is 0 Å². The van der Waals surface area contributed by atoms with Crippen LogP contribution in [0.5, 0.6) is 0 Å². The third-order valence-electron chi connectivity index (χ3n) is 3.65. The summed E-state index contributed by atoms with van der Waals surface area (Å²) in [5.74, 6) is 0. The Bertz CT molecular complexity index is 826. The second-order valence-electron chi connectivity index (χ2n) is 4.95. The molecule has 0 atom stereocenters. The molecule has 0 aromatic heterocycles. The first-order chi connectivity index (χ1) is 9.90. The molecular weight excluding hydrogens is 240 g/mol. The zero-order valence-corrected chi connectivity index (χ0v) is 10.9. The van der Waals surface area contributed by atoms with E-state index in [1.54, 1.807) is 0 Å². The van der Waals surface area contributed by atoms with Gasteiger partial charge in [0.25, 0.3) is 0 Å². The molecule has 0 aliphatic rings. The van der Waals surface area contributed by atoms with Crippen LogP contribution in [0.25, 0.3) is 32.7 Å². The van der Waals surface area contributed by atoms with E-state index in [1.165, 1.54) is 21.5 Å². The van der Waals surface area contributed by atoms with Gasteiger partial charge in [0.1, 0.15) is 0 Å². The molecule has 0 nitrogen and oxygen atoms in total. The van der Waals surface area contributed by atoms with Gasteiger partial charge in [0.15, 0.2) is 0 Å². The molecule has 4 rings (SSSR count). The van der Waals surface area contributed by atoms with Crippen molar-refractivity contribution in [3.05, 3.63) is 84.9 Å². The molecule has 0 bridgehead atoms. The van der Waals surface area contributed by atoms with E-state index in [1.807, 2.05) is 12.1 Å². The lowest BCUT2D eigenvalue weighted by molar-refractivity contribution is 1.65. The highest BCUT2D eigenvalue weighted by Gasteiger charge is 2.02. The first-order valence-corrected chi connectivity index (χ1v) is 6.71. The maximum Gasteiger partial charge on any atom is -0.00923 e. The van der Waals surface area contributed by atoms with E-state index in [-0.39, 0.29) is 0 Å². The molecule has 0 unspecified atom stereocenters. The second kappa shape index (κ2) is 4.50. The lowest BCUT2D eigenvalue weighted by Gasteiger charge is -2.05. The van der Waals surface area contributed by atoms with Gasteiger partial charge >= 0.3 is 0 Å². The van der Waals surface area contributed by atoms with E-state index >= 15 is 0 Å². The summed E-state index contributed by atoms with van der Waals surface area (Å²) in [6.07, 6.45) is 0. The Labute approximate surface area is 118 Å². The van der Waals surface area contributed by atoms with Crippen LogP contribution in [0, 0.1) is 12.1 Å². The van der Waals surface area contributed by atoms with Gasteiger partial charge in [-0.25, -0.2) is 0 Å². The maximum absolute atomic E-state index is 3.36. The molecule has 20 heavy (non-hydrogen) atoms. The van der Waals surface area contributed by atoms with Crippen LogP contribution >= 0.6 is 0 Å². The fraction of sp³-hybridized carbons (Fsp3) is 0. The average molecular weight is 252 g/mol. The fourth-order valence-corrected chi connectivity index (χ4v) is 2.56. The first-order valence-electron chi connectivity index (χ1n) is 6.71. The quantitative estimate of drug-likeness (QED) is 0.433. The smallest absolute Gasteiger partial charge is 0.00923 e. The van der Waals surface area contributed by atoms with Gasteiger partial charge < -0.3 is 0 Å². The van der Waals surface area contributed by atoms with Crippen molar-refractivity contribution in [3.8, 4) is 11.1 Å². The van der Waals surface area contributed by atoms with Crippen molar-refractivity contribution >= 4 is 21.5 Å². The largest absolute Gasteiger partial charge is 0.0616 e. The average Bonchev–Trinajstić information content (AvgIpc) is 2.54. The van der Waals surface area contributed by atoms with Crippen molar-refractivity contribution in [3.63, 3.8) is 0 Å². The monoisotopic (exact) mass is 252 g/mol. The summed E-state index contributed by atoms with van der Waals surface area (Å²) in [5.41, 5.74) is 2.18. The van der Waals surface area contributed by atoms with E-state index in [0.717, 1.165) is 11.1 Å². The van der Waals surface area contributed by atoms with Crippen molar-refractivity contribution in [1.82, 2.24) is 0 Å². The highest BCUT2D eigenvalue weighted by atomic mass is 14.1. The molecule has 0 heterocycles. The van der Waals surface area contributed by atoms with Crippen LogP contribution in [0.15, 0.2) is 72.8 Å². The van der Waals surface area contributed by atoms with Crippen LogP contribution in [0.2, 0.25) is 0 Å². The summed E-state index contributed by atoms with van der Waals surface area (Å²) >= 11 is 0. The summed E-state index contributed by atoms with van der Waals surface area (Å²) in [6.45, 7) is 0. The lowest BCUT2D eigenvalue weighted by atomic mass is 9.99. The Morgan fingerprint density at radius 3 is 1.35 bits per heavy atom. The molecule has 0 N–H and O–H groups in total. The molecule has 0 amide bonds. The summed E-state index contributed by atoms with van der Waals surface area (Å²) in [7, 11) is 0. The molecule has 4 aromatic rings. The van der Waals surface area contributed by atoms with E-state index < -0.39 is 0 Å². The summed E-state index contributed by atoms with van der Waals surface area (Å²) in [6, 6.07) is 31.9. The minimum absolute atomic E-state index is 1.09. The minimum Gasteiger partial charge on any atom is -0.0616 e. The van der Waals surface area contributed by atoms with Crippen molar-refractivity contribution < 1.29 is 0 Å². The van der Waals surface area contributed by atoms with Gasteiger partial charge in [-0.05, 0) is 69.1 Å². The molecule has 0 fully saturated rings. The predicted octanol–water partition coefficient (Wildman–Crippen LogP) is 5.26. The van der Waals surface area contributed by atoms with Gasteiger partial charge in [-0.3, -0.25) is 0 Å². The zero-order valence-electron chi connectivity index (χ0n) is 10.9. The third-order valence-corrected chi connectivity index (χ3v) is 3.65. The van der Waals surface area contributed by atoms with Crippen molar-refractivity contribution in [1.29, 1.82) is 0 Å². The number of rotatable bonds is 1. The minimum atomic E-state index is 1.09. The molecular formula is C20H12. The molecule has 0 aliphatic carbocycles. The van der Waals surface area contributed by atoms with Gasteiger partial charge in [-0.2, -0.15) is 0 Å².